The maximum atomic E-state index is 14.1. The fourth-order valence-corrected chi connectivity index (χ4v) is 3.54. The molecule has 37 heavy (non-hydrogen) atoms. The Morgan fingerprint density at radius 1 is 0.946 bits per heavy atom. The van der Waals surface area contributed by atoms with E-state index in [1.165, 1.54) is 31.3 Å². The van der Waals surface area contributed by atoms with Crippen LogP contribution < -0.4 is 15.6 Å². The second-order valence-corrected chi connectivity index (χ2v) is 8.39. The van der Waals surface area contributed by atoms with E-state index in [2.05, 4.69) is 0 Å². The molecule has 1 aromatic carbocycles. The van der Waals surface area contributed by atoms with E-state index in [1.54, 1.807) is 0 Å². The molecular weight excluding hydrogens is 530 g/mol. The molecule has 5 nitrogen and oxygen atoms in total. The molecule has 1 aromatic heterocycles. The van der Waals surface area contributed by atoms with Gasteiger partial charge in [0.1, 0.15) is 11.4 Å². The van der Waals surface area contributed by atoms with Crippen molar-refractivity contribution in [2.24, 2.45) is 0 Å². The number of benzene rings is 1. The first-order valence-corrected chi connectivity index (χ1v) is 10.1. The monoisotopic (exact) mass is 546 g/mol. The highest BCUT2D eigenvalue weighted by Gasteiger charge is 2.63. The number of alkyl halides is 10. The lowest BCUT2D eigenvalue weighted by molar-refractivity contribution is -0.289. The Hall–Kier alpha value is -3.52. The fourth-order valence-electron chi connectivity index (χ4n) is 3.54. The first-order valence-electron chi connectivity index (χ1n) is 10.1. The summed E-state index contributed by atoms with van der Waals surface area (Å²) in [6.45, 7) is 1.39. The molecule has 202 valence electrons. The van der Waals surface area contributed by atoms with Crippen LogP contribution in [0, 0.1) is 0 Å². The highest BCUT2D eigenvalue weighted by Crippen LogP contribution is 2.48. The van der Waals surface area contributed by atoms with Gasteiger partial charge in [-0.3, -0.25) is 14.2 Å². The SMILES string of the molecule is CC1(C)Oc2ccc(C(F)(F)C(F)(F)F)cc2C(n2ccccc2=O)=C1CNC(=O)C(F)(F)C(F)(F)F. The average Bonchev–Trinajstić information content (AvgIpc) is 2.75. The Bertz CT molecular complexity index is 1310. The smallest absolute Gasteiger partial charge is 0.463 e. The number of fused-ring (bicyclic) bond motifs is 1. The third-order valence-electron chi connectivity index (χ3n) is 5.46. The number of nitrogens with one attached hydrogen (secondary N) is 1. The highest BCUT2D eigenvalue weighted by atomic mass is 19.4. The van der Waals surface area contributed by atoms with Crippen molar-refractivity contribution >= 4 is 11.6 Å². The Morgan fingerprint density at radius 3 is 2.11 bits per heavy atom. The molecule has 0 saturated carbocycles. The van der Waals surface area contributed by atoms with E-state index in [1.807, 2.05) is 0 Å². The number of aromatic nitrogens is 1. The van der Waals surface area contributed by atoms with E-state index >= 15 is 0 Å². The lowest BCUT2D eigenvalue weighted by Crippen LogP contribution is -2.52. The molecule has 0 radical (unpaired) electrons. The maximum Gasteiger partial charge on any atom is 0.463 e. The predicted octanol–water partition coefficient (Wildman–Crippen LogP) is 5.25. The third kappa shape index (κ3) is 4.90. The van der Waals surface area contributed by atoms with Crippen molar-refractivity contribution in [2.75, 3.05) is 6.54 Å². The molecule has 1 aliphatic rings. The third-order valence-corrected chi connectivity index (χ3v) is 5.46. The zero-order valence-electron chi connectivity index (χ0n) is 18.7. The number of amides is 1. The van der Waals surface area contributed by atoms with Gasteiger partial charge in [-0.15, -0.1) is 0 Å². The minimum atomic E-state index is -6.24. The molecule has 0 saturated heterocycles. The molecule has 0 atom stereocenters. The highest BCUT2D eigenvalue weighted by molar-refractivity contribution is 5.85. The molecule has 1 N–H and O–H groups in total. The van der Waals surface area contributed by atoms with Crippen LogP contribution >= 0.6 is 0 Å². The molecule has 0 fully saturated rings. The van der Waals surface area contributed by atoms with Crippen LogP contribution in [0.1, 0.15) is 25.0 Å². The Labute approximate surface area is 201 Å². The largest absolute Gasteiger partial charge is 0.483 e. The predicted molar refractivity (Wildman–Crippen MR) is 108 cm³/mol. The van der Waals surface area contributed by atoms with Crippen molar-refractivity contribution in [3.05, 3.63) is 69.6 Å². The molecule has 15 heteroatoms. The standard InChI is InChI=1S/C22H16F10N2O3/c1-18(2)13(10-33-17(36)20(25,26)22(30,31)32)16(34-8-4-3-5-15(34)35)12-9-11(6-7-14(12)37-18)19(23,24)21(27,28)29/h3-9H,10H2,1-2H3,(H,33,36). The van der Waals surface area contributed by atoms with Gasteiger partial charge in [0.2, 0.25) is 0 Å². The first-order chi connectivity index (χ1) is 16.7. The molecule has 2 heterocycles. The van der Waals surface area contributed by atoms with Crippen molar-refractivity contribution < 1.29 is 53.4 Å². The minimum absolute atomic E-state index is 0.298. The summed E-state index contributed by atoms with van der Waals surface area (Å²) >= 11 is 0. The number of ether oxygens (including phenoxy) is 1. The second-order valence-electron chi connectivity index (χ2n) is 8.39. The van der Waals surface area contributed by atoms with Gasteiger partial charge in [0.25, 0.3) is 5.56 Å². The summed E-state index contributed by atoms with van der Waals surface area (Å²) in [5.74, 6) is -14.2. The van der Waals surface area contributed by atoms with Crippen molar-refractivity contribution in [3.63, 3.8) is 0 Å². The van der Waals surface area contributed by atoms with Crippen LogP contribution in [0.4, 0.5) is 43.9 Å². The van der Waals surface area contributed by atoms with E-state index < -0.39 is 64.6 Å². The summed E-state index contributed by atoms with van der Waals surface area (Å²) < 4.78 is 138. The van der Waals surface area contributed by atoms with Gasteiger partial charge in [0, 0.05) is 35.5 Å². The number of pyridine rings is 1. The van der Waals surface area contributed by atoms with E-state index in [0.717, 1.165) is 22.9 Å². The van der Waals surface area contributed by atoms with Gasteiger partial charge in [0.05, 0.1) is 5.70 Å². The Kier molecular flexibility index (Phi) is 6.67. The number of hydrogen-bond donors (Lipinski definition) is 1. The van der Waals surface area contributed by atoms with Crippen LogP contribution in [0.15, 0.2) is 53.0 Å². The summed E-state index contributed by atoms with van der Waals surface area (Å²) in [5.41, 5.74) is -5.44. The van der Waals surface area contributed by atoms with Gasteiger partial charge < -0.3 is 10.1 Å². The summed E-state index contributed by atoms with van der Waals surface area (Å²) in [6, 6.07) is 5.05. The number of halogens is 10. The number of hydrogen-bond acceptors (Lipinski definition) is 3. The van der Waals surface area contributed by atoms with Crippen LogP contribution in [-0.4, -0.2) is 40.9 Å². The summed E-state index contributed by atoms with van der Waals surface area (Å²) in [5, 5.41) is 1.38. The van der Waals surface area contributed by atoms with Gasteiger partial charge in [-0.05, 0) is 38.1 Å². The molecular formula is C22H16F10N2O3. The average molecular weight is 546 g/mol. The number of carbonyl (C=O) groups is 1. The topological polar surface area (TPSA) is 60.3 Å². The van der Waals surface area contributed by atoms with Gasteiger partial charge in [-0.2, -0.15) is 43.9 Å². The Balaban J connectivity index is 2.26. The van der Waals surface area contributed by atoms with Crippen molar-refractivity contribution in [1.82, 2.24) is 9.88 Å². The van der Waals surface area contributed by atoms with Crippen molar-refractivity contribution in [3.8, 4) is 5.75 Å². The zero-order valence-corrected chi connectivity index (χ0v) is 18.7. The molecule has 0 aliphatic carbocycles. The van der Waals surface area contributed by atoms with Crippen LogP contribution in [0.3, 0.4) is 0 Å². The molecule has 2 aromatic rings. The van der Waals surface area contributed by atoms with Crippen molar-refractivity contribution in [2.45, 2.75) is 43.6 Å². The lowest BCUT2D eigenvalue weighted by Gasteiger charge is -2.38. The Morgan fingerprint density at radius 2 is 1.57 bits per heavy atom. The summed E-state index contributed by atoms with van der Waals surface area (Å²) in [6.07, 6.45) is -11.2. The molecule has 0 spiro atoms. The van der Waals surface area contributed by atoms with Crippen LogP contribution in [0.5, 0.6) is 5.75 Å². The molecule has 1 amide bonds. The fraction of sp³-hybridized carbons (Fsp3) is 0.364. The summed E-state index contributed by atoms with van der Waals surface area (Å²) in [4.78, 5) is 24.2. The minimum Gasteiger partial charge on any atom is -0.483 e. The van der Waals surface area contributed by atoms with Crippen LogP contribution in [0.25, 0.3) is 5.70 Å². The number of rotatable bonds is 5. The molecule has 0 bridgehead atoms. The van der Waals surface area contributed by atoms with E-state index in [9.17, 15) is 53.5 Å². The van der Waals surface area contributed by atoms with Gasteiger partial charge in [0.15, 0.2) is 0 Å². The molecule has 1 aliphatic heterocycles. The van der Waals surface area contributed by atoms with Crippen LogP contribution in [0.2, 0.25) is 0 Å². The van der Waals surface area contributed by atoms with Crippen molar-refractivity contribution in [1.29, 1.82) is 0 Å². The first kappa shape index (κ1) is 28.1. The van der Waals surface area contributed by atoms with Crippen LogP contribution in [-0.2, 0) is 10.7 Å². The van der Waals surface area contributed by atoms with Gasteiger partial charge in [-0.1, -0.05) is 6.07 Å². The number of nitrogens with zero attached hydrogens (tertiary/aromatic N) is 1. The van der Waals surface area contributed by atoms with E-state index in [-0.39, 0.29) is 11.3 Å². The molecule has 3 rings (SSSR count). The molecule has 0 unspecified atom stereocenters. The normalized spacial score (nSPS) is 16.2. The maximum absolute atomic E-state index is 14.1. The number of carbonyl (C=O) groups excluding carboxylic acids is 1. The summed E-state index contributed by atoms with van der Waals surface area (Å²) in [7, 11) is 0. The van der Waals surface area contributed by atoms with E-state index in [0.29, 0.717) is 12.1 Å². The van der Waals surface area contributed by atoms with Gasteiger partial charge >= 0.3 is 30.1 Å². The quantitative estimate of drug-likeness (QED) is 0.522. The van der Waals surface area contributed by atoms with E-state index in [4.69, 9.17) is 4.74 Å². The second kappa shape index (κ2) is 8.80. The van der Waals surface area contributed by atoms with Gasteiger partial charge in [-0.25, -0.2) is 0 Å². The zero-order chi connectivity index (χ0) is 28.2. The lowest BCUT2D eigenvalue weighted by atomic mass is 9.88.